The average Bonchev–Trinajstić information content (AvgIpc) is 2.16. The van der Waals surface area contributed by atoms with Gasteiger partial charge in [-0.15, -0.1) is 5.10 Å². The van der Waals surface area contributed by atoms with E-state index in [1.165, 1.54) is 0 Å². The Bertz CT molecular complexity index is 378. The average molecular weight is 193 g/mol. The highest BCUT2D eigenvalue weighted by atomic mass is 16.4. The summed E-state index contributed by atoms with van der Waals surface area (Å²) in [7, 11) is 0. The molecule has 5 heteroatoms. The van der Waals surface area contributed by atoms with Crippen LogP contribution in [0.15, 0.2) is 6.07 Å². The molecule has 2 rings (SSSR count). The molecule has 0 spiro atoms. The first-order chi connectivity index (χ1) is 6.66. The van der Waals surface area contributed by atoms with Gasteiger partial charge in [0.25, 0.3) is 0 Å². The molecule has 14 heavy (non-hydrogen) atoms. The summed E-state index contributed by atoms with van der Waals surface area (Å²) in [5, 5.41) is 16.6. The number of carboxylic acid groups (broad SMARTS) is 1. The monoisotopic (exact) mass is 193 g/mol. The number of nitrogen functional groups attached to an aromatic ring is 1. The molecule has 1 aromatic rings. The summed E-state index contributed by atoms with van der Waals surface area (Å²) in [5.74, 6) is -0.688. The molecule has 3 N–H and O–H groups in total. The molecule has 1 aliphatic rings. The van der Waals surface area contributed by atoms with E-state index in [9.17, 15) is 4.79 Å². The molecule has 0 unspecified atom stereocenters. The van der Waals surface area contributed by atoms with Crippen LogP contribution in [0.4, 0.5) is 5.82 Å². The molecule has 0 fully saturated rings. The van der Waals surface area contributed by atoms with E-state index in [0.717, 1.165) is 11.3 Å². The van der Waals surface area contributed by atoms with Gasteiger partial charge in [0.2, 0.25) is 0 Å². The summed E-state index contributed by atoms with van der Waals surface area (Å²) < 4.78 is 0. The second-order valence-electron chi connectivity index (χ2n) is 3.52. The third-order valence-electron chi connectivity index (χ3n) is 2.52. The van der Waals surface area contributed by atoms with Crippen LogP contribution in [0.2, 0.25) is 0 Å². The van der Waals surface area contributed by atoms with Crippen LogP contribution in [0.1, 0.15) is 17.7 Å². The Kier molecular flexibility index (Phi) is 2.07. The second kappa shape index (κ2) is 3.25. The summed E-state index contributed by atoms with van der Waals surface area (Å²) in [6, 6.07) is 1.72. The molecule has 1 atom stereocenters. The molecule has 0 aliphatic heterocycles. The minimum absolute atomic E-state index is 0.300. The van der Waals surface area contributed by atoms with E-state index < -0.39 is 5.97 Å². The zero-order chi connectivity index (χ0) is 10.1. The molecule has 1 aromatic heterocycles. The standard InChI is InChI=1S/C9H11N3O2/c10-8-4-6-3-5(9(13)14)1-2-7(6)11-12-8/h4-5H,1-3H2,(H2,10,12)(H,13,14)/t5-/m1/s1. The molecular weight excluding hydrogens is 182 g/mol. The maximum atomic E-state index is 10.8. The molecule has 74 valence electrons. The van der Waals surface area contributed by atoms with Gasteiger partial charge in [0.1, 0.15) is 5.82 Å². The Balaban J connectivity index is 2.29. The lowest BCUT2D eigenvalue weighted by Gasteiger charge is -2.19. The quantitative estimate of drug-likeness (QED) is 0.667. The van der Waals surface area contributed by atoms with Crippen molar-refractivity contribution in [3.05, 3.63) is 17.3 Å². The summed E-state index contributed by atoms with van der Waals surface area (Å²) in [6.07, 6.45) is 1.84. The largest absolute Gasteiger partial charge is 0.481 e. The lowest BCUT2D eigenvalue weighted by Crippen LogP contribution is -2.23. The van der Waals surface area contributed by atoms with E-state index in [0.29, 0.717) is 25.1 Å². The van der Waals surface area contributed by atoms with Gasteiger partial charge in [0.15, 0.2) is 0 Å². The van der Waals surface area contributed by atoms with Gasteiger partial charge in [-0.25, -0.2) is 0 Å². The molecule has 1 heterocycles. The van der Waals surface area contributed by atoms with Crippen LogP contribution in [0, 0.1) is 5.92 Å². The Morgan fingerprint density at radius 2 is 2.36 bits per heavy atom. The van der Waals surface area contributed by atoms with Gasteiger partial charge in [-0.1, -0.05) is 0 Å². The predicted molar refractivity (Wildman–Crippen MR) is 49.6 cm³/mol. The van der Waals surface area contributed by atoms with Crippen molar-refractivity contribution in [3.63, 3.8) is 0 Å². The number of aryl methyl sites for hydroxylation is 1. The highest BCUT2D eigenvalue weighted by molar-refractivity contribution is 5.71. The van der Waals surface area contributed by atoms with E-state index in [-0.39, 0.29) is 5.92 Å². The Morgan fingerprint density at radius 3 is 3.07 bits per heavy atom. The van der Waals surface area contributed by atoms with E-state index in [4.69, 9.17) is 10.8 Å². The molecule has 0 saturated heterocycles. The van der Waals surface area contributed by atoms with Crippen LogP contribution in [0.3, 0.4) is 0 Å². The number of anilines is 1. The number of nitrogens with zero attached hydrogens (tertiary/aromatic N) is 2. The molecule has 0 saturated carbocycles. The lowest BCUT2D eigenvalue weighted by molar-refractivity contribution is -0.142. The van der Waals surface area contributed by atoms with E-state index in [1.54, 1.807) is 6.07 Å². The van der Waals surface area contributed by atoms with Gasteiger partial charge in [-0.2, -0.15) is 5.10 Å². The highest BCUT2D eigenvalue weighted by Crippen LogP contribution is 2.24. The van der Waals surface area contributed by atoms with Crippen molar-refractivity contribution in [2.45, 2.75) is 19.3 Å². The minimum atomic E-state index is -0.744. The van der Waals surface area contributed by atoms with Crippen molar-refractivity contribution in [2.24, 2.45) is 5.92 Å². The number of carboxylic acids is 1. The van der Waals surface area contributed by atoms with Gasteiger partial charge in [0.05, 0.1) is 11.6 Å². The number of rotatable bonds is 1. The fourth-order valence-electron chi connectivity index (χ4n) is 1.75. The van der Waals surface area contributed by atoms with Crippen molar-refractivity contribution in [2.75, 3.05) is 5.73 Å². The van der Waals surface area contributed by atoms with Crippen LogP contribution in [0.5, 0.6) is 0 Å². The number of aromatic nitrogens is 2. The number of nitrogens with two attached hydrogens (primary N) is 1. The number of hydrogen-bond donors (Lipinski definition) is 2. The van der Waals surface area contributed by atoms with Gasteiger partial charge in [-0.05, 0) is 30.9 Å². The van der Waals surface area contributed by atoms with Gasteiger partial charge in [0, 0.05) is 0 Å². The first-order valence-electron chi connectivity index (χ1n) is 4.50. The Morgan fingerprint density at radius 1 is 1.57 bits per heavy atom. The van der Waals surface area contributed by atoms with Gasteiger partial charge < -0.3 is 10.8 Å². The van der Waals surface area contributed by atoms with Crippen LogP contribution >= 0.6 is 0 Å². The molecule has 0 amide bonds. The van der Waals surface area contributed by atoms with Crippen LogP contribution in [-0.4, -0.2) is 21.3 Å². The number of aliphatic carboxylic acids is 1. The third kappa shape index (κ3) is 1.53. The van der Waals surface area contributed by atoms with E-state index >= 15 is 0 Å². The van der Waals surface area contributed by atoms with Crippen molar-refractivity contribution in [3.8, 4) is 0 Å². The van der Waals surface area contributed by atoms with Crippen LogP contribution in [-0.2, 0) is 17.6 Å². The summed E-state index contributed by atoms with van der Waals surface area (Å²) >= 11 is 0. The first-order valence-corrected chi connectivity index (χ1v) is 4.50. The van der Waals surface area contributed by atoms with E-state index in [2.05, 4.69) is 10.2 Å². The summed E-state index contributed by atoms with van der Waals surface area (Å²) in [6.45, 7) is 0. The van der Waals surface area contributed by atoms with Gasteiger partial charge >= 0.3 is 5.97 Å². The first kappa shape index (κ1) is 8.93. The number of fused-ring (bicyclic) bond motifs is 1. The van der Waals surface area contributed by atoms with Crippen molar-refractivity contribution in [1.82, 2.24) is 10.2 Å². The van der Waals surface area contributed by atoms with Crippen molar-refractivity contribution in [1.29, 1.82) is 0 Å². The highest BCUT2D eigenvalue weighted by Gasteiger charge is 2.25. The summed E-state index contributed by atoms with van der Waals surface area (Å²) in [5.41, 5.74) is 7.30. The fraction of sp³-hybridized carbons (Fsp3) is 0.444. The normalized spacial score (nSPS) is 20.1. The third-order valence-corrected chi connectivity index (χ3v) is 2.52. The molecular formula is C9H11N3O2. The van der Waals surface area contributed by atoms with E-state index in [1.807, 2.05) is 0 Å². The molecule has 0 aromatic carbocycles. The number of carbonyl (C=O) groups is 1. The Labute approximate surface area is 81.0 Å². The Hall–Kier alpha value is -1.65. The maximum absolute atomic E-state index is 10.8. The lowest BCUT2D eigenvalue weighted by atomic mass is 9.87. The molecule has 0 bridgehead atoms. The smallest absolute Gasteiger partial charge is 0.306 e. The van der Waals surface area contributed by atoms with Crippen molar-refractivity contribution < 1.29 is 9.90 Å². The molecule has 0 radical (unpaired) electrons. The summed E-state index contributed by atoms with van der Waals surface area (Å²) in [4.78, 5) is 10.8. The minimum Gasteiger partial charge on any atom is -0.481 e. The van der Waals surface area contributed by atoms with Crippen molar-refractivity contribution >= 4 is 11.8 Å². The van der Waals surface area contributed by atoms with Crippen LogP contribution in [0.25, 0.3) is 0 Å². The predicted octanol–water partition coefficient (Wildman–Crippen LogP) is 0.248. The zero-order valence-corrected chi connectivity index (χ0v) is 7.60. The fourth-order valence-corrected chi connectivity index (χ4v) is 1.75. The topological polar surface area (TPSA) is 89.1 Å². The maximum Gasteiger partial charge on any atom is 0.306 e. The number of hydrogen-bond acceptors (Lipinski definition) is 4. The second-order valence-corrected chi connectivity index (χ2v) is 3.52. The van der Waals surface area contributed by atoms with Gasteiger partial charge in [-0.3, -0.25) is 4.79 Å². The zero-order valence-electron chi connectivity index (χ0n) is 7.60. The SMILES string of the molecule is Nc1cc2c(nn1)CC[C@@H](C(=O)O)C2. The molecule has 5 nitrogen and oxygen atoms in total. The van der Waals surface area contributed by atoms with Crippen LogP contribution < -0.4 is 5.73 Å². The molecule has 1 aliphatic carbocycles.